The van der Waals surface area contributed by atoms with Crippen LogP contribution in [0.1, 0.15) is 15.9 Å². The van der Waals surface area contributed by atoms with Crippen molar-refractivity contribution in [1.82, 2.24) is 0 Å². The molecule has 0 aliphatic carbocycles. The van der Waals surface area contributed by atoms with Crippen LogP contribution >= 0.6 is 0 Å². The lowest BCUT2D eigenvalue weighted by molar-refractivity contribution is 0.102. The van der Waals surface area contributed by atoms with E-state index in [1.807, 2.05) is 0 Å². The van der Waals surface area contributed by atoms with Gasteiger partial charge < -0.3 is 11.1 Å². The minimum atomic E-state index is -0.600. The second-order valence-electron chi connectivity index (χ2n) is 4.15. The molecule has 3 nitrogen and oxygen atoms in total. The van der Waals surface area contributed by atoms with Crippen LogP contribution in [-0.4, -0.2) is 5.91 Å². The van der Waals surface area contributed by atoms with Gasteiger partial charge in [-0.15, -0.1) is 0 Å². The number of carbonyl (C=O) groups is 1. The summed E-state index contributed by atoms with van der Waals surface area (Å²) in [6.07, 6.45) is 0. The molecular weight excluding hydrogens is 250 g/mol. The molecule has 2 aromatic carbocycles. The molecule has 0 saturated carbocycles. The Labute approximate surface area is 109 Å². The maximum Gasteiger partial charge on any atom is 0.256 e. The standard InChI is InChI=1S/C14H12F2N2O/c1-8-2-3-9(15)6-11(8)14(19)18-13-7-10(17)4-5-12(13)16/h2-7H,17H2,1H3,(H,18,19). The fraction of sp³-hybridized carbons (Fsp3) is 0.0714. The molecule has 0 radical (unpaired) electrons. The number of hydrogen-bond acceptors (Lipinski definition) is 2. The first-order valence-corrected chi connectivity index (χ1v) is 5.60. The third-order valence-corrected chi connectivity index (χ3v) is 2.68. The molecule has 0 bridgehead atoms. The molecule has 0 aliphatic rings. The minimum Gasteiger partial charge on any atom is -0.399 e. The topological polar surface area (TPSA) is 55.1 Å². The van der Waals surface area contributed by atoms with E-state index < -0.39 is 17.5 Å². The third kappa shape index (κ3) is 2.88. The molecule has 0 spiro atoms. The third-order valence-electron chi connectivity index (χ3n) is 2.68. The predicted octanol–water partition coefficient (Wildman–Crippen LogP) is 3.11. The van der Waals surface area contributed by atoms with Crippen molar-refractivity contribution in [3.63, 3.8) is 0 Å². The molecular formula is C14H12F2N2O. The van der Waals surface area contributed by atoms with E-state index in [4.69, 9.17) is 5.73 Å². The monoisotopic (exact) mass is 262 g/mol. The molecule has 0 atom stereocenters. The highest BCUT2D eigenvalue weighted by Gasteiger charge is 2.12. The van der Waals surface area contributed by atoms with Gasteiger partial charge in [-0.05, 0) is 42.8 Å². The van der Waals surface area contributed by atoms with E-state index in [0.717, 1.165) is 12.1 Å². The van der Waals surface area contributed by atoms with Crippen LogP contribution in [0.15, 0.2) is 36.4 Å². The van der Waals surface area contributed by atoms with Crippen molar-refractivity contribution in [2.75, 3.05) is 11.1 Å². The molecule has 0 unspecified atom stereocenters. The SMILES string of the molecule is Cc1ccc(F)cc1C(=O)Nc1cc(N)ccc1F. The first kappa shape index (κ1) is 13.0. The Kier molecular flexibility index (Phi) is 3.46. The van der Waals surface area contributed by atoms with Crippen molar-refractivity contribution >= 4 is 17.3 Å². The van der Waals surface area contributed by atoms with Crippen LogP contribution in [0.3, 0.4) is 0 Å². The van der Waals surface area contributed by atoms with Crippen LogP contribution in [0.5, 0.6) is 0 Å². The van der Waals surface area contributed by atoms with Crippen molar-refractivity contribution in [1.29, 1.82) is 0 Å². The molecule has 98 valence electrons. The molecule has 2 rings (SSSR count). The summed E-state index contributed by atoms with van der Waals surface area (Å²) in [6, 6.07) is 7.70. The summed E-state index contributed by atoms with van der Waals surface area (Å²) in [7, 11) is 0. The second kappa shape index (κ2) is 5.06. The minimum absolute atomic E-state index is 0.0336. The largest absolute Gasteiger partial charge is 0.399 e. The zero-order valence-electron chi connectivity index (χ0n) is 10.2. The van der Waals surface area contributed by atoms with Crippen LogP contribution in [0.25, 0.3) is 0 Å². The van der Waals surface area contributed by atoms with Gasteiger partial charge in [-0.1, -0.05) is 6.07 Å². The summed E-state index contributed by atoms with van der Waals surface area (Å²) >= 11 is 0. The summed E-state index contributed by atoms with van der Waals surface area (Å²) in [5.74, 6) is -1.71. The molecule has 1 amide bonds. The second-order valence-corrected chi connectivity index (χ2v) is 4.15. The smallest absolute Gasteiger partial charge is 0.256 e. The molecule has 2 aromatic rings. The Hall–Kier alpha value is -2.43. The molecule has 0 aliphatic heterocycles. The maximum absolute atomic E-state index is 13.5. The number of aryl methyl sites for hydroxylation is 1. The van der Waals surface area contributed by atoms with Crippen molar-refractivity contribution < 1.29 is 13.6 Å². The lowest BCUT2D eigenvalue weighted by Gasteiger charge is -2.09. The lowest BCUT2D eigenvalue weighted by Crippen LogP contribution is -2.15. The molecule has 0 fully saturated rings. The Balaban J connectivity index is 2.30. The normalized spacial score (nSPS) is 10.3. The van der Waals surface area contributed by atoms with E-state index in [1.54, 1.807) is 6.92 Å². The average molecular weight is 262 g/mol. The van der Waals surface area contributed by atoms with Gasteiger partial charge in [0, 0.05) is 11.3 Å². The lowest BCUT2D eigenvalue weighted by atomic mass is 10.1. The van der Waals surface area contributed by atoms with E-state index in [9.17, 15) is 13.6 Å². The Morgan fingerprint density at radius 3 is 2.63 bits per heavy atom. The number of halogens is 2. The van der Waals surface area contributed by atoms with Crippen molar-refractivity contribution in [2.45, 2.75) is 6.92 Å². The van der Waals surface area contributed by atoms with E-state index in [1.165, 1.54) is 24.3 Å². The van der Waals surface area contributed by atoms with Crippen molar-refractivity contribution in [2.24, 2.45) is 0 Å². The van der Waals surface area contributed by atoms with E-state index in [0.29, 0.717) is 11.3 Å². The number of nitrogens with one attached hydrogen (secondary N) is 1. The quantitative estimate of drug-likeness (QED) is 0.817. The van der Waals surface area contributed by atoms with E-state index >= 15 is 0 Å². The average Bonchev–Trinajstić information content (AvgIpc) is 2.36. The number of carbonyl (C=O) groups excluding carboxylic acids is 1. The van der Waals surface area contributed by atoms with Gasteiger partial charge >= 0.3 is 0 Å². The van der Waals surface area contributed by atoms with Crippen LogP contribution in [-0.2, 0) is 0 Å². The van der Waals surface area contributed by atoms with Gasteiger partial charge in [0.1, 0.15) is 11.6 Å². The van der Waals surface area contributed by atoms with Crippen LogP contribution < -0.4 is 11.1 Å². The van der Waals surface area contributed by atoms with Crippen molar-refractivity contribution in [3.05, 3.63) is 59.2 Å². The number of hydrogen-bond donors (Lipinski definition) is 2. The highest BCUT2D eigenvalue weighted by atomic mass is 19.1. The van der Waals surface area contributed by atoms with Gasteiger partial charge in [0.2, 0.25) is 0 Å². The molecule has 0 heterocycles. The summed E-state index contributed by atoms with van der Waals surface area (Å²) in [6.45, 7) is 1.67. The predicted molar refractivity (Wildman–Crippen MR) is 69.9 cm³/mol. The first-order chi connectivity index (χ1) is 8.97. The highest BCUT2D eigenvalue weighted by Crippen LogP contribution is 2.19. The van der Waals surface area contributed by atoms with Gasteiger partial charge in [-0.3, -0.25) is 4.79 Å². The number of benzene rings is 2. The summed E-state index contributed by atoms with van der Waals surface area (Å²) < 4.78 is 26.6. The highest BCUT2D eigenvalue weighted by molar-refractivity contribution is 6.05. The Morgan fingerprint density at radius 1 is 1.16 bits per heavy atom. The Bertz CT molecular complexity index is 641. The number of nitrogen functional groups attached to an aromatic ring is 1. The molecule has 19 heavy (non-hydrogen) atoms. The van der Waals surface area contributed by atoms with Gasteiger partial charge in [-0.2, -0.15) is 0 Å². The van der Waals surface area contributed by atoms with Gasteiger partial charge in [-0.25, -0.2) is 8.78 Å². The fourth-order valence-corrected chi connectivity index (χ4v) is 1.67. The van der Waals surface area contributed by atoms with Crippen LogP contribution in [0.2, 0.25) is 0 Å². The van der Waals surface area contributed by atoms with Gasteiger partial charge in [0.25, 0.3) is 5.91 Å². The number of amides is 1. The summed E-state index contributed by atoms with van der Waals surface area (Å²) in [4.78, 5) is 12.0. The van der Waals surface area contributed by atoms with Crippen LogP contribution in [0, 0.1) is 18.6 Å². The van der Waals surface area contributed by atoms with Crippen molar-refractivity contribution in [3.8, 4) is 0 Å². The summed E-state index contributed by atoms with van der Waals surface area (Å²) in [5.41, 5.74) is 6.57. The molecule has 3 N–H and O–H groups in total. The zero-order chi connectivity index (χ0) is 14.0. The maximum atomic E-state index is 13.5. The van der Waals surface area contributed by atoms with E-state index in [2.05, 4.69) is 5.32 Å². The fourth-order valence-electron chi connectivity index (χ4n) is 1.67. The van der Waals surface area contributed by atoms with E-state index in [-0.39, 0.29) is 11.3 Å². The Morgan fingerprint density at radius 2 is 1.89 bits per heavy atom. The van der Waals surface area contributed by atoms with Crippen LogP contribution in [0.4, 0.5) is 20.2 Å². The number of rotatable bonds is 2. The molecule has 0 aromatic heterocycles. The first-order valence-electron chi connectivity index (χ1n) is 5.60. The number of anilines is 2. The van der Waals surface area contributed by atoms with Gasteiger partial charge in [0.05, 0.1) is 5.69 Å². The summed E-state index contributed by atoms with van der Waals surface area (Å²) in [5, 5.41) is 2.37. The zero-order valence-corrected chi connectivity index (χ0v) is 10.2. The van der Waals surface area contributed by atoms with Gasteiger partial charge in [0.15, 0.2) is 0 Å². The molecule has 0 saturated heterocycles. The molecule has 5 heteroatoms. The number of nitrogens with two attached hydrogens (primary N) is 1.